The normalized spacial score (nSPS) is 14.4. The van der Waals surface area contributed by atoms with Gasteiger partial charge in [0.15, 0.2) is 0 Å². The smallest absolute Gasteiger partial charge is 0.00448 e. The van der Waals surface area contributed by atoms with E-state index in [0.717, 1.165) is 12.3 Å². The summed E-state index contributed by atoms with van der Waals surface area (Å²) in [5, 5.41) is 7.25. The van der Waals surface area contributed by atoms with Crippen molar-refractivity contribution < 1.29 is 0 Å². The van der Waals surface area contributed by atoms with Crippen LogP contribution >= 0.6 is 0 Å². The Morgan fingerprint density at radius 2 is 1.79 bits per heavy atom. The van der Waals surface area contributed by atoms with Gasteiger partial charge in [0.25, 0.3) is 0 Å². The molecule has 0 aliphatic heterocycles. The molecular weight excluding hydrogens is 170 g/mol. The first-order chi connectivity index (χ1) is 6.44. The van der Waals surface area contributed by atoms with Gasteiger partial charge in [-0.3, -0.25) is 0 Å². The lowest BCUT2D eigenvalue weighted by atomic mass is 9.72. The third-order valence-corrected chi connectivity index (χ3v) is 3.51. The summed E-state index contributed by atoms with van der Waals surface area (Å²) in [6, 6.07) is 0. The van der Waals surface area contributed by atoms with Crippen molar-refractivity contribution in [3.63, 3.8) is 0 Å². The molecule has 0 amide bonds. The summed E-state index contributed by atoms with van der Waals surface area (Å²) in [6.45, 7) is 11.5. The Morgan fingerprint density at radius 3 is 2.14 bits per heavy atom. The van der Waals surface area contributed by atoms with E-state index in [0.29, 0.717) is 11.3 Å². The van der Waals surface area contributed by atoms with Crippen LogP contribution in [0.15, 0.2) is 0 Å². The van der Waals surface area contributed by atoms with Crippen molar-refractivity contribution in [3.05, 3.63) is 0 Å². The third kappa shape index (κ3) is 4.78. The van der Waals surface area contributed by atoms with Gasteiger partial charge in [-0.15, -0.1) is 0 Å². The predicted octanol–water partition coefficient (Wildman–Crippen LogP) is 4.51. The van der Waals surface area contributed by atoms with Gasteiger partial charge in [0, 0.05) is 0 Å². The lowest BCUT2D eigenvalue weighted by Gasteiger charge is -2.33. The van der Waals surface area contributed by atoms with Gasteiger partial charge in [-0.1, -0.05) is 47.5 Å². The molecule has 1 heteroatoms. The van der Waals surface area contributed by atoms with Gasteiger partial charge in [0.1, 0.15) is 0 Å². The standard InChI is InChI=1S/C13H27N/c1-6-13(4,5)12(9-10-14)8-7-11(2)3/h10-12,14H,6-9H2,1-5H3. The summed E-state index contributed by atoms with van der Waals surface area (Å²) in [4.78, 5) is 0. The van der Waals surface area contributed by atoms with Crippen molar-refractivity contribution in [2.75, 3.05) is 0 Å². The quantitative estimate of drug-likeness (QED) is 0.580. The molecule has 0 fully saturated rings. The predicted molar refractivity (Wildman–Crippen MR) is 65.0 cm³/mol. The highest BCUT2D eigenvalue weighted by molar-refractivity contribution is 5.53. The van der Waals surface area contributed by atoms with E-state index in [-0.39, 0.29) is 0 Å². The van der Waals surface area contributed by atoms with Crippen LogP contribution in [0.1, 0.15) is 60.3 Å². The largest absolute Gasteiger partial charge is 0.313 e. The Labute approximate surface area is 89.8 Å². The fraction of sp³-hybridized carbons (Fsp3) is 0.923. The molecule has 0 aliphatic rings. The number of hydrogen-bond acceptors (Lipinski definition) is 1. The van der Waals surface area contributed by atoms with E-state index in [4.69, 9.17) is 5.41 Å². The zero-order chi connectivity index (χ0) is 11.2. The van der Waals surface area contributed by atoms with Gasteiger partial charge in [-0.2, -0.15) is 0 Å². The van der Waals surface area contributed by atoms with E-state index >= 15 is 0 Å². The molecule has 84 valence electrons. The average molecular weight is 197 g/mol. The minimum atomic E-state index is 0.395. The topological polar surface area (TPSA) is 23.9 Å². The van der Waals surface area contributed by atoms with Gasteiger partial charge < -0.3 is 5.41 Å². The average Bonchev–Trinajstić information content (AvgIpc) is 2.11. The van der Waals surface area contributed by atoms with E-state index < -0.39 is 0 Å². The van der Waals surface area contributed by atoms with Crippen LogP contribution in [0.3, 0.4) is 0 Å². The summed E-state index contributed by atoms with van der Waals surface area (Å²) < 4.78 is 0. The van der Waals surface area contributed by atoms with Gasteiger partial charge in [0.2, 0.25) is 0 Å². The zero-order valence-electron chi connectivity index (χ0n) is 10.6. The van der Waals surface area contributed by atoms with Crippen LogP contribution in [0.25, 0.3) is 0 Å². The van der Waals surface area contributed by atoms with Crippen LogP contribution < -0.4 is 0 Å². The maximum absolute atomic E-state index is 7.25. The van der Waals surface area contributed by atoms with E-state index in [1.54, 1.807) is 6.21 Å². The highest BCUT2D eigenvalue weighted by atomic mass is 14.4. The van der Waals surface area contributed by atoms with Gasteiger partial charge in [0.05, 0.1) is 0 Å². The fourth-order valence-corrected chi connectivity index (χ4v) is 1.79. The van der Waals surface area contributed by atoms with Crippen LogP contribution in [0.4, 0.5) is 0 Å². The maximum atomic E-state index is 7.25. The van der Waals surface area contributed by atoms with Crippen LogP contribution in [-0.2, 0) is 0 Å². The molecule has 1 unspecified atom stereocenters. The van der Waals surface area contributed by atoms with Crippen molar-refractivity contribution in [2.45, 2.75) is 60.3 Å². The van der Waals surface area contributed by atoms with Crippen molar-refractivity contribution in [3.8, 4) is 0 Å². The summed E-state index contributed by atoms with van der Waals surface area (Å²) in [7, 11) is 0. The highest BCUT2D eigenvalue weighted by Gasteiger charge is 2.26. The van der Waals surface area contributed by atoms with Gasteiger partial charge in [-0.05, 0) is 36.3 Å². The molecule has 0 spiro atoms. The summed E-state index contributed by atoms with van der Waals surface area (Å²) >= 11 is 0. The fourth-order valence-electron chi connectivity index (χ4n) is 1.79. The lowest BCUT2D eigenvalue weighted by Crippen LogP contribution is -2.24. The molecular formula is C13H27N. The van der Waals surface area contributed by atoms with Crippen molar-refractivity contribution in [1.29, 1.82) is 5.41 Å². The molecule has 0 aromatic heterocycles. The Kier molecular flexibility index (Phi) is 6.06. The van der Waals surface area contributed by atoms with E-state index in [2.05, 4.69) is 34.6 Å². The molecule has 0 aromatic carbocycles. The molecule has 1 N–H and O–H groups in total. The Morgan fingerprint density at radius 1 is 1.21 bits per heavy atom. The second-order valence-corrected chi connectivity index (χ2v) is 5.45. The van der Waals surface area contributed by atoms with Gasteiger partial charge in [-0.25, -0.2) is 0 Å². The molecule has 0 heterocycles. The second-order valence-electron chi connectivity index (χ2n) is 5.45. The molecule has 0 bridgehead atoms. The van der Waals surface area contributed by atoms with E-state index in [1.165, 1.54) is 19.3 Å². The molecule has 0 saturated heterocycles. The molecule has 1 atom stereocenters. The molecule has 0 saturated carbocycles. The number of nitrogens with one attached hydrogen (secondary N) is 1. The molecule has 0 rings (SSSR count). The highest BCUT2D eigenvalue weighted by Crippen LogP contribution is 2.36. The third-order valence-electron chi connectivity index (χ3n) is 3.51. The lowest BCUT2D eigenvalue weighted by molar-refractivity contribution is 0.189. The van der Waals surface area contributed by atoms with Crippen molar-refractivity contribution in [2.24, 2.45) is 17.3 Å². The summed E-state index contributed by atoms with van der Waals surface area (Å²) in [6.07, 6.45) is 6.31. The molecule has 0 aliphatic carbocycles. The minimum absolute atomic E-state index is 0.395. The summed E-state index contributed by atoms with van der Waals surface area (Å²) in [5.74, 6) is 1.48. The first-order valence-electron chi connectivity index (χ1n) is 5.93. The Hall–Kier alpha value is -0.330. The molecule has 0 radical (unpaired) electrons. The zero-order valence-corrected chi connectivity index (χ0v) is 10.6. The number of hydrogen-bond donors (Lipinski definition) is 1. The second kappa shape index (κ2) is 6.21. The van der Waals surface area contributed by atoms with Crippen LogP contribution in [-0.4, -0.2) is 6.21 Å². The Bertz CT molecular complexity index is 159. The van der Waals surface area contributed by atoms with Crippen LogP contribution in [0.2, 0.25) is 0 Å². The molecule has 14 heavy (non-hydrogen) atoms. The van der Waals surface area contributed by atoms with Crippen molar-refractivity contribution in [1.82, 2.24) is 0 Å². The maximum Gasteiger partial charge on any atom is -0.00448 e. The Balaban J connectivity index is 4.20. The number of rotatable bonds is 7. The SMILES string of the molecule is CCC(C)(C)C(CC=N)CCC(C)C. The van der Waals surface area contributed by atoms with E-state index in [1.807, 2.05) is 0 Å². The monoisotopic (exact) mass is 197 g/mol. The molecule has 1 nitrogen and oxygen atoms in total. The van der Waals surface area contributed by atoms with Crippen LogP contribution in [0, 0.1) is 22.7 Å². The van der Waals surface area contributed by atoms with Crippen molar-refractivity contribution >= 4 is 6.21 Å². The molecule has 0 aromatic rings. The first-order valence-corrected chi connectivity index (χ1v) is 5.93. The van der Waals surface area contributed by atoms with Crippen LogP contribution in [0.5, 0.6) is 0 Å². The first kappa shape index (κ1) is 13.7. The minimum Gasteiger partial charge on any atom is -0.313 e. The van der Waals surface area contributed by atoms with E-state index in [9.17, 15) is 0 Å². The van der Waals surface area contributed by atoms with Gasteiger partial charge >= 0.3 is 0 Å². The summed E-state index contributed by atoms with van der Waals surface area (Å²) in [5.41, 5.74) is 0.395.